The molecular weight excluding hydrogens is 588 g/mol. The topological polar surface area (TPSA) is 91.1 Å². The average molecular weight is 607 g/mol. The third-order valence-corrected chi connectivity index (χ3v) is 8.74. The molecule has 0 saturated heterocycles. The van der Waals surface area contributed by atoms with E-state index in [1.807, 2.05) is 25.1 Å². The predicted octanol–water partition coefficient (Wildman–Crippen LogP) is 6.95. The summed E-state index contributed by atoms with van der Waals surface area (Å²) < 4.78 is 63.1. The van der Waals surface area contributed by atoms with Crippen molar-refractivity contribution < 1.29 is 22.1 Å². The monoisotopic (exact) mass is 606 g/mol. The first-order valence-corrected chi connectivity index (χ1v) is 13.8. The molecule has 3 aromatic heterocycles. The zero-order valence-corrected chi connectivity index (χ0v) is 23.0. The van der Waals surface area contributed by atoms with Crippen LogP contribution in [0.4, 0.5) is 17.6 Å². The van der Waals surface area contributed by atoms with Crippen molar-refractivity contribution in [1.82, 2.24) is 24.7 Å². The van der Waals surface area contributed by atoms with E-state index in [0.717, 1.165) is 39.6 Å². The molecule has 3 atom stereocenters. The van der Waals surface area contributed by atoms with Gasteiger partial charge in [0.15, 0.2) is 11.3 Å². The van der Waals surface area contributed by atoms with Gasteiger partial charge in [0.2, 0.25) is 5.95 Å². The van der Waals surface area contributed by atoms with E-state index in [-0.39, 0.29) is 29.5 Å². The van der Waals surface area contributed by atoms with Crippen LogP contribution in [0.15, 0.2) is 80.6 Å². The fourth-order valence-electron chi connectivity index (χ4n) is 6.42. The molecule has 1 fully saturated rings. The van der Waals surface area contributed by atoms with Crippen molar-refractivity contribution in [3.05, 3.63) is 104 Å². The lowest BCUT2D eigenvalue weighted by atomic mass is 9.96. The van der Waals surface area contributed by atoms with Crippen LogP contribution in [0.25, 0.3) is 27.8 Å². The molecule has 43 heavy (non-hydrogen) atoms. The van der Waals surface area contributed by atoms with Crippen molar-refractivity contribution >= 4 is 28.3 Å². The molecule has 3 aliphatic rings. The SMILES string of the molecule is Cc1noc2cc(C3=NC(F)=C(C4C5CC5c5cc(-c6cc(Cl)ccc6-n6cc(C(F)(F)F)nn6)cc(=O)n54)C3)ccc12. The van der Waals surface area contributed by atoms with Gasteiger partial charge < -0.3 is 9.09 Å². The molecule has 8 rings (SSSR count). The number of aromatic nitrogens is 5. The molecule has 216 valence electrons. The largest absolute Gasteiger partial charge is 0.436 e. The molecule has 8 nitrogen and oxygen atoms in total. The van der Waals surface area contributed by atoms with Gasteiger partial charge in [-0.3, -0.25) is 4.79 Å². The molecule has 2 aliphatic heterocycles. The van der Waals surface area contributed by atoms with Gasteiger partial charge in [-0.1, -0.05) is 28.0 Å². The smallest absolute Gasteiger partial charge is 0.356 e. The van der Waals surface area contributed by atoms with Crippen molar-refractivity contribution in [3.8, 4) is 16.8 Å². The van der Waals surface area contributed by atoms with Crippen LogP contribution in [0.3, 0.4) is 0 Å². The Labute approximate surface area is 244 Å². The Kier molecular flexibility index (Phi) is 5.44. The minimum atomic E-state index is -4.66. The van der Waals surface area contributed by atoms with Gasteiger partial charge in [-0.05, 0) is 61.2 Å². The third kappa shape index (κ3) is 4.07. The van der Waals surface area contributed by atoms with Gasteiger partial charge in [0.05, 0.1) is 29.3 Å². The van der Waals surface area contributed by atoms with Crippen molar-refractivity contribution in [1.29, 1.82) is 0 Å². The van der Waals surface area contributed by atoms with E-state index >= 15 is 4.39 Å². The summed E-state index contributed by atoms with van der Waals surface area (Å²) in [6.45, 7) is 1.84. The summed E-state index contributed by atoms with van der Waals surface area (Å²) in [5.74, 6) is -0.505. The highest BCUT2D eigenvalue weighted by molar-refractivity contribution is 6.31. The van der Waals surface area contributed by atoms with Gasteiger partial charge in [-0.15, -0.1) is 5.10 Å². The summed E-state index contributed by atoms with van der Waals surface area (Å²) in [5.41, 5.74) is 3.49. The Morgan fingerprint density at radius 2 is 1.91 bits per heavy atom. The van der Waals surface area contributed by atoms with Crippen LogP contribution in [-0.2, 0) is 6.18 Å². The Hall–Kier alpha value is -4.58. The quantitative estimate of drug-likeness (QED) is 0.163. The van der Waals surface area contributed by atoms with E-state index in [1.54, 1.807) is 16.7 Å². The van der Waals surface area contributed by atoms with Crippen molar-refractivity contribution in [2.75, 3.05) is 0 Å². The van der Waals surface area contributed by atoms with E-state index in [4.69, 9.17) is 16.1 Å². The number of hydrogen-bond acceptors (Lipinski definition) is 6. The molecule has 2 aromatic carbocycles. The number of nitrogens with zero attached hydrogens (tertiary/aromatic N) is 6. The number of fused-ring (bicyclic) bond motifs is 4. The fraction of sp³-hybridized carbons (Fsp3) is 0.233. The zero-order chi connectivity index (χ0) is 29.8. The minimum Gasteiger partial charge on any atom is -0.356 e. The Morgan fingerprint density at radius 1 is 1.07 bits per heavy atom. The molecule has 1 saturated carbocycles. The van der Waals surface area contributed by atoms with Gasteiger partial charge in [-0.2, -0.15) is 17.6 Å². The van der Waals surface area contributed by atoms with Crippen molar-refractivity contribution in [2.45, 2.75) is 37.9 Å². The summed E-state index contributed by atoms with van der Waals surface area (Å²) in [6.07, 6.45) is -2.85. The van der Waals surface area contributed by atoms with Gasteiger partial charge in [0.1, 0.15) is 0 Å². The lowest BCUT2D eigenvalue weighted by Crippen LogP contribution is -2.26. The zero-order valence-electron chi connectivity index (χ0n) is 22.2. The normalized spacial score (nSPS) is 21.0. The van der Waals surface area contributed by atoms with Crippen LogP contribution < -0.4 is 5.56 Å². The molecule has 1 aliphatic carbocycles. The lowest BCUT2D eigenvalue weighted by Gasteiger charge is -2.20. The van der Waals surface area contributed by atoms with E-state index in [1.165, 1.54) is 18.2 Å². The van der Waals surface area contributed by atoms with Gasteiger partial charge in [0, 0.05) is 51.2 Å². The van der Waals surface area contributed by atoms with Crippen molar-refractivity contribution in [3.63, 3.8) is 0 Å². The number of aliphatic imine (C=N–C) groups is 1. The molecule has 0 radical (unpaired) electrons. The first-order valence-electron chi connectivity index (χ1n) is 13.5. The highest BCUT2D eigenvalue weighted by atomic mass is 35.5. The van der Waals surface area contributed by atoms with Crippen LogP contribution >= 0.6 is 11.6 Å². The molecule has 5 heterocycles. The second kappa shape index (κ2) is 8.96. The molecule has 0 spiro atoms. The first kappa shape index (κ1) is 26.1. The fourth-order valence-corrected chi connectivity index (χ4v) is 6.59. The first-order chi connectivity index (χ1) is 20.6. The summed E-state index contributed by atoms with van der Waals surface area (Å²) in [6, 6.07) is 12.9. The molecule has 0 amide bonds. The number of rotatable bonds is 4. The van der Waals surface area contributed by atoms with E-state index in [9.17, 15) is 18.0 Å². The van der Waals surface area contributed by atoms with E-state index < -0.39 is 23.9 Å². The predicted molar refractivity (Wildman–Crippen MR) is 149 cm³/mol. The summed E-state index contributed by atoms with van der Waals surface area (Å²) in [4.78, 5) is 17.9. The van der Waals surface area contributed by atoms with Crippen LogP contribution in [0.2, 0.25) is 5.02 Å². The molecule has 0 N–H and O–H groups in total. The highest BCUT2D eigenvalue weighted by Gasteiger charge is 2.55. The summed E-state index contributed by atoms with van der Waals surface area (Å²) in [7, 11) is 0. The number of benzene rings is 2. The number of aryl methyl sites for hydroxylation is 1. The maximum atomic E-state index is 15.5. The standard InChI is InChI=1S/C30H19ClF4N6O2/c1-13-17-4-2-14(7-25(17)43-38-13)22-11-21(29(32)36-22)28-20-10-19(20)24-6-15(8-27(42)41(24)28)18-9-16(31)3-5-23(18)40-12-26(37-39-40)30(33,34)35/h2-9,12,19-20,28H,10-11H2,1H3. The lowest BCUT2D eigenvalue weighted by molar-refractivity contribution is -0.141. The van der Waals surface area contributed by atoms with Crippen molar-refractivity contribution in [2.24, 2.45) is 10.9 Å². The summed E-state index contributed by atoms with van der Waals surface area (Å²) >= 11 is 6.27. The molecule has 3 unspecified atom stereocenters. The number of halogens is 5. The molecule has 0 bridgehead atoms. The van der Waals surface area contributed by atoms with Crippen LogP contribution in [0.1, 0.15) is 47.4 Å². The van der Waals surface area contributed by atoms with Crippen LogP contribution in [0, 0.1) is 12.8 Å². The van der Waals surface area contributed by atoms with E-state index in [0.29, 0.717) is 33.0 Å². The third-order valence-electron chi connectivity index (χ3n) is 8.50. The molecular formula is C30H19ClF4N6O2. The number of hydrogen-bond donors (Lipinski definition) is 0. The number of alkyl halides is 3. The highest BCUT2D eigenvalue weighted by Crippen LogP contribution is 2.62. The maximum absolute atomic E-state index is 15.5. The number of pyridine rings is 1. The van der Waals surface area contributed by atoms with E-state index in [2.05, 4.69) is 20.5 Å². The number of allylic oxidation sites excluding steroid dienone is 1. The van der Waals surface area contributed by atoms with Gasteiger partial charge in [-0.25, -0.2) is 9.67 Å². The van der Waals surface area contributed by atoms with Crippen LogP contribution in [0.5, 0.6) is 0 Å². The second-order valence-electron chi connectivity index (χ2n) is 11.1. The Morgan fingerprint density at radius 3 is 2.70 bits per heavy atom. The van der Waals surface area contributed by atoms with Gasteiger partial charge in [0.25, 0.3) is 5.56 Å². The Bertz CT molecular complexity index is 2120. The molecule has 5 aromatic rings. The average Bonchev–Trinajstić information content (AvgIpc) is 3.30. The minimum absolute atomic E-state index is 0.0427. The second-order valence-corrected chi connectivity index (χ2v) is 11.5. The summed E-state index contributed by atoms with van der Waals surface area (Å²) in [5, 5.41) is 12.1. The maximum Gasteiger partial charge on any atom is 0.436 e. The Balaban J connectivity index is 1.15. The van der Waals surface area contributed by atoms with Crippen LogP contribution in [-0.4, -0.2) is 30.4 Å². The molecule has 13 heteroatoms. The van der Waals surface area contributed by atoms with Gasteiger partial charge >= 0.3 is 6.18 Å².